The molecule has 0 atom stereocenters. The van der Waals surface area contributed by atoms with Gasteiger partial charge in [0.25, 0.3) is 5.91 Å². The van der Waals surface area contributed by atoms with E-state index in [1.165, 1.54) is 6.20 Å². The van der Waals surface area contributed by atoms with Gasteiger partial charge in [0.15, 0.2) is 5.82 Å². The summed E-state index contributed by atoms with van der Waals surface area (Å²) in [5.41, 5.74) is 1.18. The van der Waals surface area contributed by atoms with Crippen LogP contribution in [0.5, 0.6) is 0 Å². The minimum atomic E-state index is -3.83. The maximum absolute atomic E-state index is 14.9. The first-order valence-electron chi connectivity index (χ1n) is 10.1. The van der Waals surface area contributed by atoms with Gasteiger partial charge in [0.1, 0.15) is 17.0 Å². The number of carbonyl (C=O) groups is 1. The van der Waals surface area contributed by atoms with Crippen molar-refractivity contribution in [3.05, 3.63) is 78.1 Å². The lowest BCUT2D eigenvalue weighted by atomic mass is 10.1. The van der Waals surface area contributed by atoms with E-state index in [1.807, 2.05) is 30.3 Å². The number of aromatic nitrogens is 2. The number of pyridine rings is 1. The summed E-state index contributed by atoms with van der Waals surface area (Å²) in [7, 11) is -3.83. The van der Waals surface area contributed by atoms with Gasteiger partial charge in [-0.2, -0.15) is 0 Å². The van der Waals surface area contributed by atoms with Crippen molar-refractivity contribution in [3.8, 4) is 11.1 Å². The third-order valence-electron chi connectivity index (χ3n) is 4.93. The molecule has 0 radical (unpaired) electrons. The first-order valence-corrected chi connectivity index (χ1v) is 11.8. The van der Waals surface area contributed by atoms with Crippen molar-refractivity contribution < 1.29 is 22.0 Å². The highest BCUT2D eigenvalue weighted by atomic mass is 32.2. The summed E-state index contributed by atoms with van der Waals surface area (Å²) in [6, 6.07) is 12.9. The number of aromatic amines is 1. The lowest BCUT2D eigenvalue weighted by molar-refractivity contribution is 0.101. The molecule has 0 aliphatic rings. The van der Waals surface area contributed by atoms with E-state index < -0.39 is 38.8 Å². The van der Waals surface area contributed by atoms with Crippen molar-refractivity contribution in [2.24, 2.45) is 0 Å². The fraction of sp³-hybridized carbons (Fsp3) is 0.130. The molecule has 0 fully saturated rings. The number of fused-ring (bicyclic) bond motifs is 1. The van der Waals surface area contributed by atoms with E-state index in [0.717, 1.165) is 23.3 Å². The predicted octanol–water partition coefficient (Wildman–Crippen LogP) is 4.91. The fourth-order valence-electron chi connectivity index (χ4n) is 3.45. The SMILES string of the molecule is CCCS(=O)(=O)Nc1ccc(F)c(C(=O)Nc2cnc3[nH]cc(-c4ccccc4)c3c2)c1F. The predicted molar refractivity (Wildman–Crippen MR) is 124 cm³/mol. The lowest BCUT2D eigenvalue weighted by Crippen LogP contribution is -2.20. The monoisotopic (exact) mass is 470 g/mol. The van der Waals surface area contributed by atoms with E-state index in [0.29, 0.717) is 17.5 Å². The Morgan fingerprint density at radius 1 is 1.12 bits per heavy atom. The zero-order valence-corrected chi connectivity index (χ0v) is 18.3. The van der Waals surface area contributed by atoms with Crippen LogP contribution in [-0.2, 0) is 10.0 Å². The number of sulfonamides is 1. The molecule has 2 aromatic heterocycles. The molecule has 2 aromatic carbocycles. The van der Waals surface area contributed by atoms with Crippen molar-refractivity contribution >= 4 is 38.3 Å². The molecule has 0 spiro atoms. The topological polar surface area (TPSA) is 104 Å². The summed E-state index contributed by atoms with van der Waals surface area (Å²) in [5, 5.41) is 3.15. The first kappa shape index (κ1) is 22.4. The number of hydrogen-bond acceptors (Lipinski definition) is 4. The normalized spacial score (nSPS) is 11.5. The highest BCUT2D eigenvalue weighted by Crippen LogP contribution is 2.30. The van der Waals surface area contributed by atoms with Crippen LogP contribution in [0, 0.1) is 11.6 Å². The van der Waals surface area contributed by atoms with E-state index in [4.69, 9.17) is 0 Å². The second-order valence-corrected chi connectivity index (χ2v) is 9.19. The standard InChI is InChI=1S/C23H20F2N4O3S/c1-2-10-33(31,32)29-19-9-8-18(24)20(21(19)25)23(30)28-15-11-16-17(13-27-22(16)26-12-15)14-6-4-3-5-7-14/h3-9,11-13,29H,2,10H2,1H3,(H,26,27)(H,28,30). The molecule has 4 aromatic rings. The van der Waals surface area contributed by atoms with E-state index in [-0.39, 0.29) is 11.4 Å². The molecule has 7 nitrogen and oxygen atoms in total. The van der Waals surface area contributed by atoms with Crippen LogP contribution in [-0.4, -0.2) is 30.0 Å². The summed E-state index contributed by atoms with van der Waals surface area (Å²) in [4.78, 5) is 20.0. The third kappa shape index (κ3) is 4.70. The lowest BCUT2D eigenvalue weighted by Gasteiger charge is -2.12. The van der Waals surface area contributed by atoms with Gasteiger partial charge in [0, 0.05) is 17.1 Å². The second-order valence-electron chi connectivity index (χ2n) is 7.35. The fourth-order valence-corrected chi connectivity index (χ4v) is 4.58. The van der Waals surface area contributed by atoms with Gasteiger partial charge in [-0.15, -0.1) is 0 Å². The number of halogens is 2. The minimum absolute atomic E-state index is 0.222. The summed E-state index contributed by atoms with van der Waals surface area (Å²) < 4.78 is 55.3. The summed E-state index contributed by atoms with van der Waals surface area (Å²) in [5.74, 6) is -3.73. The van der Waals surface area contributed by atoms with Crippen molar-refractivity contribution in [1.29, 1.82) is 0 Å². The highest BCUT2D eigenvalue weighted by Gasteiger charge is 2.23. The summed E-state index contributed by atoms with van der Waals surface area (Å²) in [6.07, 6.45) is 3.45. The molecule has 4 rings (SSSR count). The zero-order chi connectivity index (χ0) is 23.6. The van der Waals surface area contributed by atoms with E-state index in [1.54, 1.807) is 19.2 Å². The molecule has 0 saturated heterocycles. The number of benzene rings is 2. The molecule has 0 aliphatic heterocycles. The number of nitrogens with zero attached hydrogens (tertiary/aromatic N) is 1. The Morgan fingerprint density at radius 2 is 1.88 bits per heavy atom. The molecule has 0 bridgehead atoms. The van der Waals surface area contributed by atoms with Crippen molar-refractivity contribution in [2.75, 3.05) is 15.8 Å². The van der Waals surface area contributed by atoms with Crippen LogP contribution in [0.25, 0.3) is 22.2 Å². The number of nitrogens with one attached hydrogen (secondary N) is 3. The number of rotatable bonds is 7. The smallest absolute Gasteiger partial charge is 0.261 e. The third-order valence-corrected chi connectivity index (χ3v) is 6.41. The van der Waals surface area contributed by atoms with Crippen LogP contribution in [0.3, 0.4) is 0 Å². The van der Waals surface area contributed by atoms with E-state index in [2.05, 4.69) is 20.0 Å². The maximum atomic E-state index is 14.9. The maximum Gasteiger partial charge on any atom is 0.261 e. The molecule has 0 unspecified atom stereocenters. The summed E-state index contributed by atoms with van der Waals surface area (Å²) in [6.45, 7) is 1.65. The van der Waals surface area contributed by atoms with Gasteiger partial charge in [-0.1, -0.05) is 37.3 Å². The number of carbonyl (C=O) groups excluding carboxylic acids is 1. The Balaban J connectivity index is 1.65. The van der Waals surface area contributed by atoms with Gasteiger partial charge < -0.3 is 10.3 Å². The van der Waals surface area contributed by atoms with Crippen molar-refractivity contribution in [1.82, 2.24) is 9.97 Å². The van der Waals surface area contributed by atoms with Crippen molar-refractivity contribution in [2.45, 2.75) is 13.3 Å². The quantitative estimate of drug-likeness (QED) is 0.357. The largest absolute Gasteiger partial charge is 0.346 e. The molecule has 3 N–H and O–H groups in total. The molecular formula is C23H20F2N4O3S. The Kier molecular flexibility index (Phi) is 6.10. The highest BCUT2D eigenvalue weighted by molar-refractivity contribution is 7.92. The Morgan fingerprint density at radius 3 is 2.61 bits per heavy atom. The van der Waals surface area contributed by atoms with Gasteiger partial charge in [0.05, 0.1) is 23.3 Å². The van der Waals surface area contributed by atoms with Gasteiger partial charge in [-0.25, -0.2) is 22.2 Å². The van der Waals surface area contributed by atoms with E-state index in [9.17, 15) is 22.0 Å². The van der Waals surface area contributed by atoms with Crippen molar-refractivity contribution in [3.63, 3.8) is 0 Å². The molecule has 0 aliphatic carbocycles. The molecule has 1 amide bonds. The molecular weight excluding hydrogens is 450 g/mol. The average Bonchev–Trinajstić information content (AvgIpc) is 3.19. The number of amides is 1. The van der Waals surface area contributed by atoms with Crippen LogP contribution in [0.4, 0.5) is 20.2 Å². The van der Waals surface area contributed by atoms with Gasteiger partial charge in [-0.3, -0.25) is 9.52 Å². The Bertz CT molecular complexity index is 1440. The number of anilines is 2. The molecule has 2 heterocycles. The zero-order valence-electron chi connectivity index (χ0n) is 17.5. The number of hydrogen-bond donors (Lipinski definition) is 3. The first-order chi connectivity index (χ1) is 15.8. The average molecular weight is 471 g/mol. The van der Waals surface area contributed by atoms with Crippen LogP contribution < -0.4 is 10.0 Å². The molecule has 0 saturated carbocycles. The molecule has 10 heteroatoms. The van der Waals surface area contributed by atoms with Crippen LogP contribution in [0.2, 0.25) is 0 Å². The number of H-pyrrole nitrogens is 1. The molecule has 33 heavy (non-hydrogen) atoms. The Hall–Kier alpha value is -3.79. The van der Waals surface area contributed by atoms with Gasteiger partial charge >= 0.3 is 0 Å². The second kappa shape index (κ2) is 8.99. The van der Waals surface area contributed by atoms with Crippen LogP contribution in [0.15, 0.2) is 60.9 Å². The van der Waals surface area contributed by atoms with Crippen LogP contribution in [0.1, 0.15) is 23.7 Å². The minimum Gasteiger partial charge on any atom is -0.346 e. The summed E-state index contributed by atoms with van der Waals surface area (Å²) >= 11 is 0. The Labute approximate surface area is 188 Å². The molecule has 170 valence electrons. The van der Waals surface area contributed by atoms with Crippen LogP contribution >= 0.6 is 0 Å². The van der Waals surface area contributed by atoms with Gasteiger partial charge in [0.2, 0.25) is 10.0 Å². The van der Waals surface area contributed by atoms with E-state index >= 15 is 0 Å². The van der Waals surface area contributed by atoms with Gasteiger partial charge in [-0.05, 0) is 30.2 Å².